The van der Waals surface area contributed by atoms with Crippen LogP contribution in [-0.4, -0.2) is 35.1 Å². The van der Waals surface area contributed by atoms with Crippen molar-refractivity contribution in [2.75, 3.05) is 7.05 Å². The van der Waals surface area contributed by atoms with E-state index in [4.69, 9.17) is 0 Å². The van der Waals surface area contributed by atoms with Crippen molar-refractivity contribution in [3.8, 4) is 0 Å². The third kappa shape index (κ3) is 2.33. The summed E-state index contributed by atoms with van der Waals surface area (Å²) in [6, 6.07) is 7.49. The van der Waals surface area contributed by atoms with Crippen LogP contribution in [0.5, 0.6) is 0 Å². The lowest BCUT2D eigenvalue weighted by Gasteiger charge is -2.43. The van der Waals surface area contributed by atoms with Crippen LogP contribution in [0.25, 0.3) is 0 Å². The molecule has 2 aliphatic heterocycles. The minimum absolute atomic E-state index is 0.127. The SMILES string of the molecule is CN1C2CCC1C(CC(=O)O)C(c1ccc(F)cc1)C2. The molecule has 2 bridgehead atoms. The molecule has 2 saturated heterocycles. The second-order valence-corrected chi connectivity index (χ2v) is 6.12. The minimum Gasteiger partial charge on any atom is -0.481 e. The molecule has 4 unspecified atom stereocenters. The van der Waals surface area contributed by atoms with Crippen LogP contribution in [0.2, 0.25) is 0 Å². The molecule has 1 aromatic rings. The third-order valence-electron chi connectivity index (χ3n) is 5.14. The largest absolute Gasteiger partial charge is 0.481 e. The zero-order valence-corrected chi connectivity index (χ0v) is 11.6. The molecule has 0 radical (unpaired) electrons. The van der Waals surface area contributed by atoms with Crippen molar-refractivity contribution in [2.24, 2.45) is 5.92 Å². The number of hydrogen-bond donors (Lipinski definition) is 1. The van der Waals surface area contributed by atoms with Crippen molar-refractivity contribution in [2.45, 2.75) is 43.7 Å². The molecule has 2 fully saturated rings. The van der Waals surface area contributed by atoms with Gasteiger partial charge in [-0.25, -0.2) is 4.39 Å². The molecular formula is C16H20FNO2. The maximum Gasteiger partial charge on any atom is 0.303 e. The molecule has 4 heteroatoms. The van der Waals surface area contributed by atoms with E-state index in [0.717, 1.165) is 24.8 Å². The Kier molecular flexibility index (Phi) is 3.50. The van der Waals surface area contributed by atoms with Gasteiger partial charge in [0.1, 0.15) is 5.82 Å². The fourth-order valence-corrected chi connectivity index (χ4v) is 4.15. The van der Waals surface area contributed by atoms with Gasteiger partial charge in [0.15, 0.2) is 0 Å². The highest BCUT2D eigenvalue weighted by molar-refractivity contribution is 5.67. The predicted octanol–water partition coefficient (Wildman–Crippen LogP) is 2.87. The van der Waals surface area contributed by atoms with Crippen LogP contribution in [-0.2, 0) is 4.79 Å². The number of nitrogens with zero attached hydrogens (tertiary/aromatic N) is 1. The van der Waals surface area contributed by atoms with Crippen molar-refractivity contribution in [1.82, 2.24) is 4.90 Å². The molecule has 20 heavy (non-hydrogen) atoms. The Bertz CT molecular complexity index is 502. The first kappa shape index (κ1) is 13.6. The van der Waals surface area contributed by atoms with Gasteiger partial charge in [0.2, 0.25) is 0 Å². The van der Waals surface area contributed by atoms with Crippen molar-refractivity contribution in [3.05, 3.63) is 35.6 Å². The number of carboxylic acid groups (broad SMARTS) is 1. The zero-order chi connectivity index (χ0) is 14.3. The Morgan fingerprint density at radius 2 is 2.05 bits per heavy atom. The second-order valence-electron chi connectivity index (χ2n) is 6.12. The Balaban J connectivity index is 1.91. The first-order valence-corrected chi connectivity index (χ1v) is 7.25. The molecule has 0 saturated carbocycles. The fourth-order valence-electron chi connectivity index (χ4n) is 4.15. The second kappa shape index (κ2) is 5.17. The van der Waals surface area contributed by atoms with Crippen LogP contribution in [0.1, 0.15) is 37.2 Å². The van der Waals surface area contributed by atoms with Gasteiger partial charge in [-0.1, -0.05) is 12.1 Å². The van der Waals surface area contributed by atoms with Crippen LogP contribution in [0, 0.1) is 11.7 Å². The summed E-state index contributed by atoms with van der Waals surface area (Å²) in [5, 5.41) is 9.21. The van der Waals surface area contributed by atoms with E-state index in [0.29, 0.717) is 12.1 Å². The summed E-state index contributed by atoms with van der Waals surface area (Å²) in [6.45, 7) is 0. The minimum atomic E-state index is -0.735. The number of hydrogen-bond acceptors (Lipinski definition) is 2. The van der Waals surface area contributed by atoms with Crippen molar-refractivity contribution in [3.63, 3.8) is 0 Å². The lowest BCUT2D eigenvalue weighted by molar-refractivity contribution is -0.139. The molecule has 0 aliphatic carbocycles. The van der Waals surface area contributed by atoms with Crippen LogP contribution >= 0.6 is 0 Å². The van der Waals surface area contributed by atoms with E-state index in [1.807, 2.05) is 12.1 Å². The number of benzene rings is 1. The van der Waals surface area contributed by atoms with Gasteiger partial charge in [-0.05, 0) is 55.8 Å². The van der Waals surface area contributed by atoms with Crippen LogP contribution in [0.15, 0.2) is 24.3 Å². The lowest BCUT2D eigenvalue weighted by atomic mass is 9.74. The highest BCUT2D eigenvalue weighted by Crippen LogP contribution is 2.47. The number of carboxylic acids is 1. The van der Waals surface area contributed by atoms with Crippen LogP contribution in [0.4, 0.5) is 4.39 Å². The summed E-state index contributed by atoms with van der Waals surface area (Å²) in [7, 11) is 2.11. The molecular weight excluding hydrogens is 257 g/mol. The Labute approximate surface area is 118 Å². The predicted molar refractivity (Wildman–Crippen MR) is 74.1 cm³/mol. The molecule has 2 heterocycles. The third-order valence-corrected chi connectivity index (χ3v) is 5.14. The van der Waals surface area contributed by atoms with Crippen LogP contribution < -0.4 is 0 Å². The van der Waals surface area contributed by atoms with Crippen molar-refractivity contribution < 1.29 is 14.3 Å². The Morgan fingerprint density at radius 3 is 2.70 bits per heavy atom. The normalized spacial score (nSPS) is 33.3. The summed E-state index contributed by atoms with van der Waals surface area (Å²) in [4.78, 5) is 13.6. The van der Waals surface area contributed by atoms with Gasteiger partial charge in [0, 0.05) is 12.1 Å². The average Bonchev–Trinajstić information content (AvgIpc) is 2.65. The summed E-state index contributed by atoms with van der Waals surface area (Å²) in [5.41, 5.74) is 1.09. The summed E-state index contributed by atoms with van der Waals surface area (Å²) in [6.07, 6.45) is 3.41. The first-order valence-electron chi connectivity index (χ1n) is 7.25. The van der Waals surface area contributed by atoms with Gasteiger partial charge in [-0.15, -0.1) is 0 Å². The van der Waals surface area contributed by atoms with Gasteiger partial charge >= 0.3 is 5.97 Å². The molecule has 108 valence electrons. The lowest BCUT2D eigenvalue weighted by Crippen LogP contribution is -2.46. The van der Waals surface area contributed by atoms with Gasteiger partial charge in [0.05, 0.1) is 6.42 Å². The molecule has 0 aromatic heterocycles. The highest BCUT2D eigenvalue weighted by atomic mass is 19.1. The first-order chi connectivity index (χ1) is 9.56. The monoisotopic (exact) mass is 277 g/mol. The molecule has 1 N–H and O–H groups in total. The molecule has 3 nitrogen and oxygen atoms in total. The number of rotatable bonds is 3. The van der Waals surface area contributed by atoms with Gasteiger partial charge < -0.3 is 10.0 Å². The maximum atomic E-state index is 13.1. The van der Waals surface area contributed by atoms with E-state index in [1.54, 1.807) is 0 Å². The fraction of sp³-hybridized carbons (Fsp3) is 0.562. The topological polar surface area (TPSA) is 40.5 Å². The van der Waals surface area contributed by atoms with Crippen LogP contribution in [0.3, 0.4) is 0 Å². The van der Waals surface area contributed by atoms with E-state index in [1.165, 1.54) is 12.1 Å². The van der Waals surface area contributed by atoms with E-state index >= 15 is 0 Å². The van der Waals surface area contributed by atoms with Gasteiger partial charge in [-0.3, -0.25) is 4.79 Å². The number of carbonyl (C=O) groups is 1. The zero-order valence-electron chi connectivity index (χ0n) is 11.6. The van der Waals surface area contributed by atoms with Gasteiger partial charge in [-0.2, -0.15) is 0 Å². The standard InChI is InChI=1S/C16H20FNO2/c1-18-12-6-7-15(18)14(9-16(19)20)13(8-12)10-2-4-11(17)5-3-10/h2-5,12-15H,6-9H2,1H3,(H,19,20). The quantitative estimate of drug-likeness (QED) is 0.923. The van der Waals surface area contributed by atoms with E-state index < -0.39 is 5.97 Å². The molecule has 3 rings (SSSR count). The Hall–Kier alpha value is -1.42. The number of aliphatic carboxylic acids is 1. The number of fused-ring (bicyclic) bond motifs is 2. The summed E-state index contributed by atoms with van der Waals surface area (Å²) in [5.74, 6) is -0.609. The number of halogens is 1. The van der Waals surface area contributed by atoms with Gasteiger partial charge in [0.25, 0.3) is 0 Å². The smallest absolute Gasteiger partial charge is 0.303 e. The van der Waals surface area contributed by atoms with E-state index in [-0.39, 0.29) is 24.1 Å². The maximum absolute atomic E-state index is 13.1. The molecule has 0 spiro atoms. The number of piperidine rings is 1. The molecule has 0 amide bonds. The van der Waals surface area contributed by atoms with E-state index in [2.05, 4.69) is 11.9 Å². The Morgan fingerprint density at radius 1 is 1.35 bits per heavy atom. The summed E-state index contributed by atoms with van der Waals surface area (Å²) >= 11 is 0. The summed E-state index contributed by atoms with van der Waals surface area (Å²) < 4.78 is 13.1. The van der Waals surface area contributed by atoms with E-state index in [9.17, 15) is 14.3 Å². The highest BCUT2D eigenvalue weighted by Gasteiger charge is 2.46. The average molecular weight is 277 g/mol. The molecule has 2 aliphatic rings. The molecule has 4 atom stereocenters. The molecule has 1 aromatic carbocycles. The van der Waals surface area contributed by atoms with Crippen molar-refractivity contribution >= 4 is 5.97 Å². The van der Waals surface area contributed by atoms with Crippen molar-refractivity contribution in [1.29, 1.82) is 0 Å².